The first-order valence-electron chi connectivity index (χ1n) is 4.90. The van der Waals surface area contributed by atoms with Gasteiger partial charge < -0.3 is 16.2 Å². The van der Waals surface area contributed by atoms with E-state index in [0.717, 1.165) is 11.3 Å². The van der Waals surface area contributed by atoms with Crippen LogP contribution < -0.4 is 16.2 Å². The third-order valence-electron chi connectivity index (χ3n) is 1.46. The number of hydrogen-bond donors (Lipinski definition) is 2. The van der Waals surface area contributed by atoms with E-state index < -0.39 is 0 Å². The first kappa shape index (κ1) is 16.0. The van der Waals surface area contributed by atoms with Crippen molar-refractivity contribution >= 4 is 5.70 Å². The van der Waals surface area contributed by atoms with Crippen LogP contribution in [0, 0.1) is 0 Å². The number of benzene rings is 1. The molecule has 1 aromatic carbocycles. The minimum Gasteiger partial charge on any atom is -0.497 e. The molecule has 15 heavy (non-hydrogen) atoms. The highest BCUT2D eigenvalue weighted by Gasteiger charge is 1.93. The Morgan fingerprint density at radius 1 is 1.13 bits per heavy atom. The summed E-state index contributed by atoms with van der Waals surface area (Å²) < 4.78 is 4.98. The summed E-state index contributed by atoms with van der Waals surface area (Å²) in [7, 11) is 3.13. The van der Waals surface area contributed by atoms with E-state index in [4.69, 9.17) is 10.5 Å². The molecule has 0 bridgehead atoms. The summed E-state index contributed by atoms with van der Waals surface area (Å²) >= 11 is 0. The molecule has 1 aromatic rings. The van der Waals surface area contributed by atoms with Gasteiger partial charge in [0.1, 0.15) is 5.75 Å². The Morgan fingerprint density at radius 2 is 1.53 bits per heavy atom. The molecule has 3 nitrogen and oxygen atoms in total. The minimum atomic E-state index is 0.577. The molecule has 0 unspecified atom stereocenters. The van der Waals surface area contributed by atoms with E-state index in [1.54, 1.807) is 7.11 Å². The average Bonchev–Trinajstić information content (AvgIpc) is 2.34. The number of nitrogens with two attached hydrogens (primary N) is 2. The summed E-state index contributed by atoms with van der Waals surface area (Å²) in [4.78, 5) is 0. The van der Waals surface area contributed by atoms with Gasteiger partial charge in [-0.25, -0.2) is 0 Å². The molecule has 3 heteroatoms. The maximum Gasteiger partial charge on any atom is 0.118 e. The van der Waals surface area contributed by atoms with E-state index in [9.17, 15) is 0 Å². The summed E-state index contributed by atoms with van der Waals surface area (Å²) in [6, 6.07) is 7.46. The monoisotopic (exact) mass is 210 g/mol. The molecule has 0 amide bonds. The maximum atomic E-state index is 5.47. The number of hydrogen-bond acceptors (Lipinski definition) is 3. The van der Waals surface area contributed by atoms with E-state index in [0.29, 0.717) is 5.70 Å². The van der Waals surface area contributed by atoms with E-state index in [1.807, 2.05) is 38.1 Å². The van der Waals surface area contributed by atoms with Crippen molar-refractivity contribution in [2.75, 3.05) is 14.2 Å². The van der Waals surface area contributed by atoms with Crippen LogP contribution in [0.25, 0.3) is 5.70 Å². The molecule has 0 spiro atoms. The zero-order valence-corrected chi connectivity index (χ0v) is 10.1. The lowest BCUT2D eigenvalue weighted by Crippen LogP contribution is -1.93. The van der Waals surface area contributed by atoms with Crippen LogP contribution in [0.3, 0.4) is 0 Å². The highest BCUT2D eigenvalue weighted by Crippen LogP contribution is 2.13. The molecule has 0 atom stereocenters. The molecule has 0 aliphatic heterocycles. The largest absolute Gasteiger partial charge is 0.497 e. The number of methoxy groups -OCH3 is 1. The number of rotatable bonds is 2. The van der Waals surface area contributed by atoms with Crippen molar-refractivity contribution in [3.8, 4) is 5.75 Å². The van der Waals surface area contributed by atoms with Crippen molar-refractivity contribution in [3.05, 3.63) is 36.4 Å². The normalized spacial score (nSPS) is 7.53. The Morgan fingerprint density at radius 3 is 1.80 bits per heavy atom. The molecule has 0 heterocycles. The zero-order valence-electron chi connectivity index (χ0n) is 10.1. The Balaban J connectivity index is 0. The smallest absolute Gasteiger partial charge is 0.118 e. The van der Waals surface area contributed by atoms with Crippen molar-refractivity contribution < 1.29 is 4.74 Å². The van der Waals surface area contributed by atoms with Crippen LogP contribution in [0.5, 0.6) is 5.75 Å². The highest BCUT2D eigenvalue weighted by atomic mass is 16.5. The molecule has 86 valence electrons. The molecule has 1 rings (SSSR count). The van der Waals surface area contributed by atoms with Gasteiger partial charge >= 0.3 is 0 Å². The van der Waals surface area contributed by atoms with Gasteiger partial charge in [-0.2, -0.15) is 0 Å². The highest BCUT2D eigenvalue weighted by molar-refractivity contribution is 5.60. The van der Waals surface area contributed by atoms with E-state index in [1.165, 1.54) is 7.05 Å². The molecule has 4 N–H and O–H groups in total. The van der Waals surface area contributed by atoms with Crippen LogP contribution in [0.1, 0.15) is 19.4 Å². The zero-order chi connectivity index (χ0) is 12.3. The molecular formula is C12H22N2O. The van der Waals surface area contributed by atoms with Crippen molar-refractivity contribution in [2.24, 2.45) is 11.5 Å². The van der Waals surface area contributed by atoms with E-state index >= 15 is 0 Å². The lowest BCUT2D eigenvalue weighted by molar-refractivity contribution is 0.415. The second kappa shape index (κ2) is 10.6. The quantitative estimate of drug-likeness (QED) is 0.787. The predicted molar refractivity (Wildman–Crippen MR) is 67.7 cm³/mol. The third-order valence-corrected chi connectivity index (χ3v) is 1.46. The van der Waals surface area contributed by atoms with Crippen molar-refractivity contribution in [1.82, 2.24) is 0 Å². The molecule has 0 radical (unpaired) electrons. The molecule has 0 aliphatic carbocycles. The van der Waals surface area contributed by atoms with Crippen LogP contribution in [0.4, 0.5) is 0 Å². The molecule has 0 saturated heterocycles. The Labute approximate surface area is 92.7 Å². The summed E-state index contributed by atoms with van der Waals surface area (Å²) in [6.07, 6.45) is 0. The van der Waals surface area contributed by atoms with Crippen molar-refractivity contribution in [3.63, 3.8) is 0 Å². The van der Waals surface area contributed by atoms with Crippen molar-refractivity contribution in [2.45, 2.75) is 13.8 Å². The average molecular weight is 210 g/mol. The molecule has 0 saturated carbocycles. The van der Waals surface area contributed by atoms with Gasteiger partial charge in [0.2, 0.25) is 0 Å². The second-order valence-corrected chi connectivity index (χ2v) is 2.25. The number of ether oxygens (including phenoxy) is 1. The van der Waals surface area contributed by atoms with Gasteiger partial charge in [0.15, 0.2) is 0 Å². The Bertz CT molecular complexity index is 255. The van der Waals surface area contributed by atoms with Crippen LogP contribution in [0.15, 0.2) is 30.8 Å². The fourth-order valence-corrected chi connectivity index (χ4v) is 0.805. The van der Waals surface area contributed by atoms with Crippen molar-refractivity contribution in [1.29, 1.82) is 0 Å². The van der Waals surface area contributed by atoms with Crippen LogP contribution in [0.2, 0.25) is 0 Å². The maximum absolute atomic E-state index is 5.47. The molecule has 0 fully saturated rings. The lowest BCUT2D eigenvalue weighted by atomic mass is 10.2. The van der Waals surface area contributed by atoms with Gasteiger partial charge in [0.25, 0.3) is 0 Å². The van der Waals surface area contributed by atoms with Gasteiger partial charge in [-0.15, -0.1) is 0 Å². The van der Waals surface area contributed by atoms with Gasteiger partial charge in [0, 0.05) is 5.70 Å². The van der Waals surface area contributed by atoms with Gasteiger partial charge in [0.05, 0.1) is 7.11 Å². The summed E-state index contributed by atoms with van der Waals surface area (Å²) in [5, 5.41) is 0. The third kappa shape index (κ3) is 6.57. The molecular weight excluding hydrogens is 188 g/mol. The van der Waals surface area contributed by atoms with Crippen LogP contribution >= 0.6 is 0 Å². The molecule has 0 aliphatic rings. The SMILES string of the molecule is C=C(N)c1ccc(OC)cc1.CC.CN. The summed E-state index contributed by atoms with van der Waals surface area (Å²) in [5.74, 6) is 0.829. The Hall–Kier alpha value is -1.48. The van der Waals surface area contributed by atoms with Crippen LogP contribution in [-0.2, 0) is 0 Å². The first-order valence-corrected chi connectivity index (χ1v) is 4.90. The van der Waals surface area contributed by atoms with Gasteiger partial charge in [-0.1, -0.05) is 20.4 Å². The fraction of sp³-hybridized carbons (Fsp3) is 0.333. The standard InChI is InChI=1S/C9H11NO.C2H6.CH5N/c1-7(10)8-3-5-9(11-2)6-4-8;2*1-2/h3-6H,1,10H2,2H3;1-2H3;2H2,1H3. The lowest BCUT2D eigenvalue weighted by Gasteiger charge is -2.01. The van der Waals surface area contributed by atoms with E-state index in [2.05, 4.69) is 12.3 Å². The summed E-state index contributed by atoms with van der Waals surface area (Å²) in [5.41, 5.74) is 11.5. The predicted octanol–water partition coefficient (Wildman–Crippen LogP) is 2.23. The van der Waals surface area contributed by atoms with Gasteiger partial charge in [-0.3, -0.25) is 0 Å². The Kier molecular flexibility index (Phi) is 11.3. The molecule has 0 aromatic heterocycles. The first-order chi connectivity index (χ1) is 7.24. The summed E-state index contributed by atoms with van der Waals surface area (Å²) in [6.45, 7) is 7.62. The fourth-order valence-electron chi connectivity index (χ4n) is 0.805. The minimum absolute atomic E-state index is 0.577. The van der Waals surface area contributed by atoms with Gasteiger partial charge in [-0.05, 0) is 36.9 Å². The second-order valence-electron chi connectivity index (χ2n) is 2.25. The van der Waals surface area contributed by atoms with Crippen LogP contribution in [-0.4, -0.2) is 14.2 Å². The topological polar surface area (TPSA) is 61.3 Å². The van der Waals surface area contributed by atoms with E-state index in [-0.39, 0.29) is 0 Å².